The third kappa shape index (κ3) is 16.7. The van der Waals surface area contributed by atoms with E-state index in [9.17, 15) is 9.59 Å². The standard InChI is InChI=1S/C19H41N7O3/c1-2-29-18(17(28)24-14-8-10-15(21)9-7-12-20)26-16(27)11-5-3-4-6-13-25-19(22)23/h15,18H,2-14,20-21H2,1H3,(H,24,28)(H,26,27)(H4,22,23,25). The SMILES string of the molecule is CCOC(NC(=O)CCCCCCN=C(N)N)C(=O)NCCCC(N)CCCN. The van der Waals surface area contributed by atoms with Crippen molar-refractivity contribution in [1.29, 1.82) is 0 Å². The Balaban J connectivity index is 4.01. The fraction of sp³-hybridized carbons (Fsp3) is 0.842. The lowest BCUT2D eigenvalue weighted by Gasteiger charge is -2.18. The van der Waals surface area contributed by atoms with Gasteiger partial charge in [0.15, 0.2) is 5.96 Å². The van der Waals surface area contributed by atoms with Crippen LogP contribution in [0.2, 0.25) is 0 Å². The predicted molar refractivity (Wildman–Crippen MR) is 116 cm³/mol. The van der Waals surface area contributed by atoms with Gasteiger partial charge in [-0.15, -0.1) is 0 Å². The van der Waals surface area contributed by atoms with E-state index in [-0.39, 0.29) is 23.8 Å². The molecule has 0 radical (unpaired) electrons. The molecular weight excluding hydrogens is 374 g/mol. The summed E-state index contributed by atoms with van der Waals surface area (Å²) in [6, 6.07) is 0.0947. The number of ether oxygens (including phenoxy) is 1. The molecule has 0 saturated carbocycles. The van der Waals surface area contributed by atoms with Crippen LogP contribution in [0.25, 0.3) is 0 Å². The van der Waals surface area contributed by atoms with Crippen LogP contribution in [-0.2, 0) is 14.3 Å². The topological polar surface area (TPSA) is 184 Å². The summed E-state index contributed by atoms with van der Waals surface area (Å²) in [4.78, 5) is 28.2. The van der Waals surface area contributed by atoms with E-state index in [4.69, 9.17) is 27.7 Å². The van der Waals surface area contributed by atoms with E-state index in [1.54, 1.807) is 6.92 Å². The van der Waals surface area contributed by atoms with E-state index in [2.05, 4.69) is 15.6 Å². The maximum Gasteiger partial charge on any atom is 0.270 e. The minimum absolute atomic E-state index is 0.0947. The monoisotopic (exact) mass is 415 g/mol. The molecule has 0 saturated heterocycles. The van der Waals surface area contributed by atoms with Crippen molar-refractivity contribution in [2.75, 3.05) is 26.2 Å². The van der Waals surface area contributed by atoms with Crippen molar-refractivity contribution in [2.24, 2.45) is 27.9 Å². The quantitative estimate of drug-likeness (QED) is 0.0764. The molecule has 0 aliphatic rings. The zero-order valence-electron chi connectivity index (χ0n) is 17.8. The second kappa shape index (κ2) is 18.1. The van der Waals surface area contributed by atoms with Gasteiger partial charge < -0.3 is 38.3 Å². The summed E-state index contributed by atoms with van der Waals surface area (Å²) >= 11 is 0. The van der Waals surface area contributed by atoms with Crippen molar-refractivity contribution in [3.63, 3.8) is 0 Å². The summed E-state index contributed by atoms with van der Waals surface area (Å²) in [6.45, 7) is 3.83. The summed E-state index contributed by atoms with van der Waals surface area (Å²) in [7, 11) is 0. The molecule has 0 heterocycles. The molecule has 29 heavy (non-hydrogen) atoms. The highest BCUT2D eigenvalue weighted by Crippen LogP contribution is 2.04. The van der Waals surface area contributed by atoms with Crippen LogP contribution in [0, 0.1) is 0 Å². The molecule has 0 aromatic heterocycles. The molecular formula is C19H41N7O3. The van der Waals surface area contributed by atoms with Crippen molar-refractivity contribution in [3.8, 4) is 0 Å². The fourth-order valence-corrected chi connectivity index (χ4v) is 2.72. The van der Waals surface area contributed by atoms with E-state index >= 15 is 0 Å². The molecule has 2 amide bonds. The lowest BCUT2D eigenvalue weighted by atomic mass is 10.1. The molecule has 0 aromatic rings. The Morgan fingerprint density at radius 3 is 2.38 bits per heavy atom. The molecule has 0 fully saturated rings. The van der Waals surface area contributed by atoms with E-state index in [1.165, 1.54) is 0 Å². The molecule has 2 unspecified atom stereocenters. The van der Waals surface area contributed by atoms with Gasteiger partial charge in [-0.05, 0) is 52.0 Å². The van der Waals surface area contributed by atoms with Gasteiger partial charge in [-0.2, -0.15) is 0 Å². The first-order chi connectivity index (χ1) is 13.9. The number of amides is 2. The lowest BCUT2D eigenvalue weighted by molar-refractivity contribution is -0.140. The third-order valence-corrected chi connectivity index (χ3v) is 4.30. The zero-order valence-corrected chi connectivity index (χ0v) is 17.8. The molecule has 2 atom stereocenters. The number of nitrogens with zero attached hydrogens (tertiary/aromatic N) is 1. The maximum absolute atomic E-state index is 12.3. The highest BCUT2D eigenvalue weighted by molar-refractivity contribution is 5.86. The van der Waals surface area contributed by atoms with Crippen molar-refractivity contribution < 1.29 is 14.3 Å². The van der Waals surface area contributed by atoms with E-state index in [0.717, 1.165) is 51.4 Å². The predicted octanol–water partition coefficient (Wildman–Crippen LogP) is -0.348. The normalized spacial score (nSPS) is 12.8. The Morgan fingerprint density at radius 1 is 1.03 bits per heavy atom. The number of rotatable bonds is 18. The van der Waals surface area contributed by atoms with Crippen molar-refractivity contribution in [2.45, 2.75) is 77.0 Å². The number of unbranched alkanes of at least 4 members (excludes halogenated alkanes) is 3. The van der Waals surface area contributed by atoms with Crippen molar-refractivity contribution >= 4 is 17.8 Å². The molecule has 0 aliphatic carbocycles. The number of hydrogen-bond donors (Lipinski definition) is 6. The van der Waals surface area contributed by atoms with Crippen LogP contribution in [0.15, 0.2) is 4.99 Å². The molecule has 170 valence electrons. The molecule has 0 aliphatic heterocycles. The number of carbonyl (C=O) groups excluding carboxylic acids is 2. The maximum atomic E-state index is 12.3. The Morgan fingerprint density at radius 2 is 1.72 bits per heavy atom. The Hall–Kier alpha value is -1.91. The first kappa shape index (κ1) is 27.1. The van der Waals surface area contributed by atoms with Crippen molar-refractivity contribution in [1.82, 2.24) is 10.6 Å². The van der Waals surface area contributed by atoms with Gasteiger partial charge in [-0.25, -0.2) is 0 Å². The molecule has 10 heteroatoms. The highest BCUT2D eigenvalue weighted by atomic mass is 16.5. The van der Waals surface area contributed by atoms with Crippen molar-refractivity contribution in [3.05, 3.63) is 0 Å². The lowest BCUT2D eigenvalue weighted by Crippen LogP contribution is -2.48. The highest BCUT2D eigenvalue weighted by Gasteiger charge is 2.20. The number of guanidine groups is 1. The van der Waals surface area contributed by atoms with Crippen LogP contribution >= 0.6 is 0 Å². The molecule has 0 bridgehead atoms. The summed E-state index contributed by atoms with van der Waals surface area (Å²) in [6.07, 6.45) is 6.18. The number of carbonyl (C=O) groups is 2. The van der Waals surface area contributed by atoms with Gasteiger partial charge >= 0.3 is 0 Å². The second-order valence-electron chi connectivity index (χ2n) is 7.00. The summed E-state index contributed by atoms with van der Waals surface area (Å²) in [5.74, 6) is -0.446. The van der Waals surface area contributed by atoms with Crippen LogP contribution in [0.5, 0.6) is 0 Å². The average molecular weight is 416 g/mol. The number of hydrogen-bond acceptors (Lipinski definition) is 6. The van der Waals surface area contributed by atoms with Gasteiger partial charge in [-0.3, -0.25) is 14.6 Å². The van der Waals surface area contributed by atoms with Crippen LogP contribution < -0.4 is 33.6 Å². The fourth-order valence-electron chi connectivity index (χ4n) is 2.72. The second-order valence-corrected chi connectivity index (χ2v) is 7.00. The molecule has 10 N–H and O–H groups in total. The first-order valence-electron chi connectivity index (χ1n) is 10.6. The number of aliphatic imine (C=N–C) groups is 1. The minimum atomic E-state index is -0.972. The van der Waals surface area contributed by atoms with Crippen LogP contribution in [-0.4, -0.2) is 56.3 Å². The number of nitrogens with one attached hydrogen (secondary N) is 2. The largest absolute Gasteiger partial charge is 0.370 e. The van der Waals surface area contributed by atoms with Gasteiger partial charge in [0, 0.05) is 32.2 Å². The van der Waals surface area contributed by atoms with Gasteiger partial charge in [0.2, 0.25) is 12.1 Å². The summed E-state index contributed by atoms with van der Waals surface area (Å²) < 4.78 is 5.37. The number of nitrogens with two attached hydrogens (primary N) is 4. The van der Waals surface area contributed by atoms with Crippen LogP contribution in [0.1, 0.15) is 64.7 Å². The van der Waals surface area contributed by atoms with Crippen LogP contribution in [0.4, 0.5) is 0 Å². The van der Waals surface area contributed by atoms with E-state index in [1.807, 2.05) is 0 Å². The Kier molecular flexibility index (Phi) is 16.9. The Bertz CT molecular complexity index is 471. The van der Waals surface area contributed by atoms with Gasteiger partial charge in [-0.1, -0.05) is 12.8 Å². The molecule has 0 rings (SSSR count). The zero-order chi connectivity index (χ0) is 21.9. The smallest absolute Gasteiger partial charge is 0.270 e. The molecule has 0 aromatic carbocycles. The Labute approximate surface area is 174 Å². The van der Waals surface area contributed by atoms with Gasteiger partial charge in [0.05, 0.1) is 0 Å². The van der Waals surface area contributed by atoms with E-state index in [0.29, 0.717) is 32.7 Å². The molecule has 0 spiro atoms. The summed E-state index contributed by atoms with van der Waals surface area (Å²) in [5.41, 5.74) is 22.0. The third-order valence-electron chi connectivity index (χ3n) is 4.30. The van der Waals surface area contributed by atoms with Gasteiger partial charge in [0.1, 0.15) is 0 Å². The minimum Gasteiger partial charge on any atom is -0.370 e. The average Bonchev–Trinajstić information content (AvgIpc) is 2.68. The van der Waals surface area contributed by atoms with Gasteiger partial charge in [0.25, 0.3) is 5.91 Å². The first-order valence-corrected chi connectivity index (χ1v) is 10.6. The summed E-state index contributed by atoms with van der Waals surface area (Å²) in [5, 5.41) is 5.44. The van der Waals surface area contributed by atoms with Crippen LogP contribution in [0.3, 0.4) is 0 Å². The van der Waals surface area contributed by atoms with E-state index < -0.39 is 6.23 Å². The molecule has 10 nitrogen and oxygen atoms in total.